The third-order valence-corrected chi connectivity index (χ3v) is 4.51. The van der Waals surface area contributed by atoms with Crippen LogP contribution in [0.3, 0.4) is 0 Å². The summed E-state index contributed by atoms with van der Waals surface area (Å²) in [5.41, 5.74) is 2.33. The van der Waals surface area contributed by atoms with Crippen molar-refractivity contribution in [1.29, 1.82) is 0 Å². The largest absolute Gasteiger partial charge is 0.311 e. The van der Waals surface area contributed by atoms with E-state index >= 15 is 0 Å². The van der Waals surface area contributed by atoms with E-state index in [1.165, 1.54) is 5.56 Å². The molecule has 2 rings (SSSR count). The summed E-state index contributed by atoms with van der Waals surface area (Å²) in [4.78, 5) is 2.56. The molecule has 0 saturated carbocycles. The van der Waals surface area contributed by atoms with Gasteiger partial charge in [-0.2, -0.15) is 0 Å². The Kier molecular flexibility index (Phi) is 5.17. The molecule has 1 saturated heterocycles. The van der Waals surface area contributed by atoms with Crippen LogP contribution in [0, 0.1) is 18.7 Å². The van der Waals surface area contributed by atoms with Gasteiger partial charge in [-0.1, -0.05) is 19.9 Å². The Morgan fingerprint density at radius 1 is 1.40 bits per heavy atom. The van der Waals surface area contributed by atoms with Crippen LogP contribution in [-0.4, -0.2) is 36.6 Å². The van der Waals surface area contributed by atoms with Crippen molar-refractivity contribution < 1.29 is 4.39 Å². The summed E-state index contributed by atoms with van der Waals surface area (Å²) < 4.78 is 13.1. The van der Waals surface area contributed by atoms with Gasteiger partial charge in [0.25, 0.3) is 0 Å². The lowest BCUT2D eigenvalue weighted by Crippen LogP contribution is -2.57. The van der Waals surface area contributed by atoms with E-state index in [0.29, 0.717) is 18.0 Å². The van der Waals surface area contributed by atoms with Gasteiger partial charge in [-0.05, 0) is 49.4 Å². The standard InChI is InChI=1S/C17H27FN2/c1-12(2)17-11-20(14(4)10-19-17)8-7-15-5-6-16(18)9-13(15)3/h5-6,9,12,14,17,19H,7-8,10-11H2,1-4H3. The molecule has 0 bridgehead atoms. The van der Waals surface area contributed by atoms with Gasteiger partial charge in [0.1, 0.15) is 5.82 Å². The highest BCUT2D eigenvalue weighted by molar-refractivity contribution is 5.26. The number of nitrogens with zero attached hydrogens (tertiary/aromatic N) is 1. The average molecular weight is 278 g/mol. The molecule has 0 amide bonds. The molecule has 2 unspecified atom stereocenters. The van der Waals surface area contributed by atoms with E-state index < -0.39 is 0 Å². The Morgan fingerprint density at radius 3 is 2.80 bits per heavy atom. The fourth-order valence-corrected chi connectivity index (χ4v) is 2.91. The molecule has 3 heteroatoms. The summed E-state index contributed by atoms with van der Waals surface area (Å²) in [5.74, 6) is 0.527. The molecule has 2 atom stereocenters. The summed E-state index contributed by atoms with van der Waals surface area (Å²) in [6, 6.07) is 6.29. The van der Waals surface area contributed by atoms with Gasteiger partial charge in [0.15, 0.2) is 0 Å². The van der Waals surface area contributed by atoms with E-state index in [1.54, 1.807) is 12.1 Å². The van der Waals surface area contributed by atoms with Gasteiger partial charge in [0, 0.05) is 31.7 Å². The maximum atomic E-state index is 13.1. The Morgan fingerprint density at radius 2 is 2.15 bits per heavy atom. The predicted molar refractivity (Wildman–Crippen MR) is 82.5 cm³/mol. The number of hydrogen-bond acceptors (Lipinski definition) is 2. The van der Waals surface area contributed by atoms with Crippen LogP contribution in [0.5, 0.6) is 0 Å². The van der Waals surface area contributed by atoms with E-state index in [9.17, 15) is 4.39 Å². The van der Waals surface area contributed by atoms with Crippen LogP contribution in [0.2, 0.25) is 0 Å². The lowest BCUT2D eigenvalue weighted by atomic mass is 9.98. The van der Waals surface area contributed by atoms with Crippen LogP contribution >= 0.6 is 0 Å². The number of halogens is 1. The predicted octanol–water partition coefficient (Wildman–Crippen LogP) is 2.99. The fourth-order valence-electron chi connectivity index (χ4n) is 2.91. The molecule has 1 aliphatic heterocycles. The Hall–Kier alpha value is -0.930. The zero-order valence-corrected chi connectivity index (χ0v) is 13.1. The second kappa shape index (κ2) is 6.68. The monoisotopic (exact) mass is 278 g/mol. The van der Waals surface area contributed by atoms with Crippen molar-refractivity contribution in [2.75, 3.05) is 19.6 Å². The molecule has 20 heavy (non-hydrogen) atoms. The normalized spacial score (nSPS) is 24.3. The summed E-state index contributed by atoms with van der Waals surface area (Å²) in [7, 11) is 0. The second-order valence-electron chi connectivity index (χ2n) is 6.42. The highest BCUT2D eigenvalue weighted by atomic mass is 19.1. The third-order valence-electron chi connectivity index (χ3n) is 4.51. The molecular weight excluding hydrogens is 251 g/mol. The number of piperazine rings is 1. The van der Waals surface area contributed by atoms with Crippen molar-refractivity contribution in [3.05, 3.63) is 35.1 Å². The third kappa shape index (κ3) is 3.80. The summed E-state index contributed by atoms with van der Waals surface area (Å²) in [6.45, 7) is 12.0. The van der Waals surface area contributed by atoms with Crippen LogP contribution in [0.1, 0.15) is 31.9 Å². The topological polar surface area (TPSA) is 15.3 Å². The molecule has 1 heterocycles. The van der Waals surface area contributed by atoms with E-state index in [1.807, 2.05) is 13.0 Å². The molecule has 1 aromatic carbocycles. The first kappa shape index (κ1) is 15.5. The van der Waals surface area contributed by atoms with Crippen molar-refractivity contribution in [2.45, 2.75) is 46.2 Å². The number of nitrogens with one attached hydrogen (secondary N) is 1. The summed E-state index contributed by atoms with van der Waals surface area (Å²) in [6.07, 6.45) is 1.00. The van der Waals surface area contributed by atoms with Crippen LogP contribution in [0.15, 0.2) is 18.2 Å². The maximum absolute atomic E-state index is 13.1. The van der Waals surface area contributed by atoms with E-state index in [2.05, 4.69) is 31.0 Å². The molecule has 0 radical (unpaired) electrons. The molecular formula is C17H27FN2. The molecule has 2 nitrogen and oxygen atoms in total. The first-order chi connectivity index (χ1) is 9.47. The number of rotatable bonds is 4. The molecule has 0 aromatic heterocycles. The fraction of sp³-hybridized carbons (Fsp3) is 0.647. The van der Waals surface area contributed by atoms with Crippen molar-refractivity contribution in [3.8, 4) is 0 Å². The Labute approximate surface area is 122 Å². The van der Waals surface area contributed by atoms with Crippen molar-refractivity contribution >= 4 is 0 Å². The van der Waals surface area contributed by atoms with Gasteiger partial charge in [-0.3, -0.25) is 4.90 Å². The van der Waals surface area contributed by atoms with Crippen LogP contribution in [0.4, 0.5) is 4.39 Å². The smallest absolute Gasteiger partial charge is 0.123 e. The quantitative estimate of drug-likeness (QED) is 0.911. The number of benzene rings is 1. The van der Waals surface area contributed by atoms with Gasteiger partial charge in [-0.15, -0.1) is 0 Å². The van der Waals surface area contributed by atoms with Gasteiger partial charge in [0.2, 0.25) is 0 Å². The summed E-state index contributed by atoms with van der Waals surface area (Å²) in [5, 5.41) is 3.62. The molecule has 1 fully saturated rings. The molecule has 0 spiro atoms. The molecule has 0 aliphatic carbocycles. The first-order valence-electron chi connectivity index (χ1n) is 7.70. The number of aryl methyl sites for hydroxylation is 1. The van der Waals surface area contributed by atoms with Crippen LogP contribution in [0.25, 0.3) is 0 Å². The highest BCUT2D eigenvalue weighted by Gasteiger charge is 2.26. The SMILES string of the molecule is Cc1cc(F)ccc1CCN1CC(C(C)C)NCC1C. The van der Waals surface area contributed by atoms with Gasteiger partial charge >= 0.3 is 0 Å². The zero-order valence-electron chi connectivity index (χ0n) is 13.1. The average Bonchev–Trinajstić information content (AvgIpc) is 2.39. The molecule has 1 N–H and O–H groups in total. The lowest BCUT2D eigenvalue weighted by molar-refractivity contribution is 0.124. The minimum Gasteiger partial charge on any atom is -0.311 e. The van der Waals surface area contributed by atoms with E-state index in [4.69, 9.17) is 0 Å². The van der Waals surface area contributed by atoms with Crippen molar-refractivity contribution in [2.24, 2.45) is 5.92 Å². The zero-order chi connectivity index (χ0) is 14.7. The Bertz CT molecular complexity index is 445. The molecule has 1 aliphatic rings. The Balaban J connectivity index is 1.94. The molecule has 1 aromatic rings. The van der Waals surface area contributed by atoms with E-state index in [-0.39, 0.29) is 5.82 Å². The van der Waals surface area contributed by atoms with Crippen molar-refractivity contribution in [1.82, 2.24) is 10.2 Å². The maximum Gasteiger partial charge on any atom is 0.123 e. The van der Waals surface area contributed by atoms with Crippen LogP contribution < -0.4 is 5.32 Å². The second-order valence-corrected chi connectivity index (χ2v) is 6.42. The summed E-state index contributed by atoms with van der Waals surface area (Å²) >= 11 is 0. The van der Waals surface area contributed by atoms with Gasteiger partial charge < -0.3 is 5.32 Å². The van der Waals surface area contributed by atoms with Gasteiger partial charge in [0.05, 0.1) is 0 Å². The molecule has 112 valence electrons. The van der Waals surface area contributed by atoms with E-state index in [0.717, 1.165) is 31.6 Å². The van der Waals surface area contributed by atoms with Gasteiger partial charge in [-0.25, -0.2) is 4.39 Å². The minimum absolute atomic E-state index is 0.137. The van der Waals surface area contributed by atoms with Crippen LogP contribution in [-0.2, 0) is 6.42 Å². The highest BCUT2D eigenvalue weighted by Crippen LogP contribution is 2.15. The lowest BCUT2D eigenvalue weighted by Gasteiger charge is -2.40. The minimum atomic E-state index is -0.137. The first-order valence-corrected chi connectivity index (χ1v) is 7.70. The number of hydrogen-bond donors (Lipinski definition) is 1. The van der Waals surface area contributed by atoms with Crippen molar-refractivity contribution in [3.63, 3.8) is 0 Å².